The lowest BCUT2D eigenvalue weighted by Crippen LogP contribution is -2.19. The van der Waals surface area contributed by atoms with Gasteiger partial charge in [0.05, 0.1) is 19.8 Å². The maximum Gasteiger partial charge on any atom is 0.519 e. The second-order valence-electron chi connectivity index (χ2n) is 8.93. The van der Waals surface area contributed by atoms with Crippen molar-refractivity contribution in [2.24, 2.45) is 0 Å². The molecule has 0 aliphatic carbocycles. The third-order valence-corrected chi connectivity index (χ3v) is 6.28. The van der Waals surface area contributed by atoms with Crippen LogP contribution in [0.25, 0.3) is 11.1 Å². The summed E-state index contributed by atoms with van der Waals surface area (Å²) in [5.74, 6) is 1.17. The number of rotatable bonds is 7. The van der Waals surface area contributed by atoms with Crippen LogP contribution in [-0.4, -0.2) is 26.3 Å². The molecule has 6 heteroatoms. The minimum Gasteiger partial charge on any atom is -0.497 e. The molecule has 4 aromatic rings. The number of ether oxygens (including phenoxy) is 4. The van der Waals surface area contributed by atoms with Gasteiger partial charge in [-0.25, -0.2) is 9.59 Å². The van der Waals surface area contributed by atoms with E-state index in [0.29, 0.717) is 17.1 Å². The Hall–Kier alpha value is -4.58. The van der Waals surface area contributed by atoms with E-state index in [-0.39, 0.29) is 11.4 Å². The molecule has 0 aliphatic rings. The topological polar surface area (TPSA) is 71.1 Å². The van der Waals surface area contributed by atoms with Gasteiger partial charge in [-0.05, 0) is 70.8 Å². The first-order valence-corrected chi connectivity index (χ1v) is 11.7. The Labute approximate surface area is 216 Å². The number of benzene rings is 4. The Morgan fingerprint density at radius 3 is 1.41 bits per heavy atom. The number of esters is 1. The maximum absolute atomic E-state index is 12.3. The van der Waals surface area contributed by atoms with Crippen molar-refractivity contribution >= 4 is 12.1 Å². The molecule has 0 unspecified atom stereocenters. The summed E-state index contributed by atoms with van der Waals surface area (Å²) in [4.78, 5) is 23.9. The number of hydrogen-bond acceptors (Lipinski definition) is 6. The lowest BCUT2D eigenvalue weighted by molar-refractivity contribution is 0.0600. The highest BCUT2D eigenvalue weighted by Gasteiger charge is 2.23. The first kappa shape index (κ1) is 25.5. The number of carbonyl (C=O) groups is 2. The fraction of sp³-hybridized carbons (Fsp3) is 0.161. The van der Waals surface area contributed by atoms with Gasteiger partial charge in [0.2, 0.25) is 0 Å². The summed E-state index contributed by atoms with van der Waals surface area (Å²) in [5.41, 5.74) is 4.28. The van der Waals surface area contributed by atoms with Gasteiger partial charge in [-0.1, -0.05) is 62.4 Å². The van der Waals surface area contributed by atoms with Crippen LogP contribution in [0.2, 0.25) is 0 Å². The Morgan fingerprint density at radius 1 is 0.568 bits per heavy atom. The van der Waals surface area contributed by atoms with E-state index in [1.54, 1.807) is 43.5 Å². The highest BCUT2D eigenvalue weighted by Crippen LogP contribution is 2.33. The minimum absolute atomic E-state index is 0.243. The smallest absolute Gasteiger partial charge is 0.497 e. The average Bonchev–Trinajstić information content (AvgIpc) is 2.93. The second-order valence-corrected chi connectivity index (χ2v) is 8.93. The third-order valence-electron chi connectivity index (χ3n) is 6.28. The average molecular weight is 497 g/mol. The molecule has 0 fully saturated rings. The van der Waals surface area contributed by atoms with E-state index in [0.717, 1.165) is 28.0 Å². The van der Waals surface area contributed by atoms with E-state index >= 15 is 0 Å². The number of methoxy groups -OCH3 is 2. The summed E-state index contributed by atoms with van der Waals surface area (Å²) in [7, 11) is 2.99. The lowest BCUT2D eigenvalue weighted by Gasteiger charge is -2.26. The molecular weight excluding hydrogens is 468 g/mol. The van der Waals surface area contributed by atoms with E-state index in [1.165, 1.54) is 7.11 Å². The first-order valence-electron chi connectivity index (χ1n) is 11.7. The van der Waals surface area contributed by atoms with Crippen molar-refractivity contribution in [2.75, 3.05) is 14.2 Å². The minimum atomic E-state index is -0.822. The molecule has 0 saturated heterocycles. The zero-order valence-electron chi connectivity index (χ0n) is 21.2. The Morgan fingerprint density at radius 2 is 0.973 bits per heavy atom. The van der Waals surface area contributed by atoms with Gasteiger partial charge in [0.15, 0.2) is 0 Å². The molecule has 0 bridgehead atoms. The highest BCUT2D eigenvalue weighted by atomic mass is 16.7. The molecule has 0 amide bonds. The normalized spacial score (nSPS) is 10.9. The van der Waals surface area contributed by atoms with Crippen molar-refractivity contribution in [2.45, 2.75) is 19.3 Å². The maximum atomic E-state index is 12.3. The van der Waals surface area contributed by atoms with E-state index in [2.05, 4.69) is 13.8 Å². The van der Waals surface area contributed by atoms with Crippen LogP contribution in [0.1, 0.15) is 35.3 Å². The summed E-state index contributed by atoms with van der Waals surface area (Å²) in [6, 6.07) is 29.4. The fourth-order valence-corrected chi connectivity index (χ4v) is 3.96. The van der Waals surface area contributed by atoms with Crippen LogP contribution < -0.4 is 14.2 Å². The standard InChI is InChI=1S/C31H28O6/c1-31(2,24-11-17-26(34-3)18-12-24)25-13-19-28(20-14-25)37-30(33)36-27-15-9-22(10-16-27)21-5-7-23(8-6-21)29(32)35-4/h5-20H,1-4H3. The number of carbonyl (C=O) groups excluding carboxylic acids is 2. The molecule has 0 aromatic heterocycles. The zero-order chi connectivity index (χ0) is 26.4. The molecule has 4 aromatic carbocycles. The summed E-state index contributed by atoms with van der Waals surface area (Å²) in [5, 5.41) is 0. The molecule has 188 valence electrons. The Balaban J connectivity index is 1.36. The molecule has 0 saturated carbocycles. The largest absolute Gasteiger partial charge is 0.519 e. The zero-order valence-corrected chi connectivity index (χ0v) is 21.2. The molecule has 0 heterocycles. The summed E-state index contributed by atoms with van der Waals surface area (Å²) in [6.07, 6.45) is -0.822. The van der Waals surface area contributed by atoms with Gasteiger partial charge >= 0.3 is 12.1 Å². The van der Waals surface area contributed by atoms with Crippen LogP contribution in [0.3, 0.4) is 0 Å². The second kappa shape index (κ2) is 11.0. The molecule has 0 N–H and O–H groups in total. The lowest BCUT2D eigenvalue weighted by atomic mass is 9.78. The molecular formula is C31H28O6. The van der Waals surface area contributed by atoms with Crippen molar-refractivity contribution in [3.63, 3.8) is 0 Å². The van der Waals surface area contributed by atoms with Gasteiger partial charge in [-0.15, -0.1) is 0 Å². The highest BCUT2D eigenvalue weighted by molar-refractivity contribution is 5.90. The summed E-state index contributed by atoms with van der Waals surface area (Å²) < 4.78 is 20.7. The van der Waals surface area contributed by atoms with Crippen LogP contribution in [0, 0.1) is 0 Å². The van der Waals surface area contributed by atoms with Gasteiger partial charge in [-0.2, -0.15) is 0 Å². The molecule has 0 spiro atoms. The molecule has 6 nitrogen and oxygen atoms in total. The van der Waals surface area contributed by atoms with E-state index in [1.807, 2.05) is 60.7 Å². The van der Waals surface area contributed by atoms with Crippen LogP contribution in [-0.2, 0) is 10.2 Å². The fourth-order valence-electron chi connectivity index (χ4n) is 3.96. The predicted octanol–water partition coefficient (Wildman–Crippen LogP) is 7.05. The van der Waals surface area contributed by atoms with Gasteiger partial charge in [0.1, 0.15) is 17.2 Å². The van der Waals surface area contributed by atoms with Crippen molar-refractivity contribution < 1.29 is 28.5 Å². The van der Waals surface area contributed by atoms with Crippen molar-refractivity contribution in [1.82, 2.24) is 0 Å². The number of hydrogen-bond donors (Lipinski definition) is 0. The van der Waals surface area contributed by atoms with E-state index in [4.69, 9.17) is 18.9 Å². The van der Waals surface area contributed by atoms with Gasteiger partial charge < -0.3 is 18.9 Å². The quantitative estimate of drug-likeness (QED) is 0.202. The van der Waals surface area contributed by atoms with E-state index < -0.39 is 6.16 Å². The molecule has 0 aliphatic heterocycles. The first-order chi connectivity index (χ1) is 17.8. The monoisotopic (exact) mass is 496 g/mol. The Kier molecular flexibility index (Phi) is 7.58. The van der Waals surface area contributed by atoms with Crippen LogP contribution in [0.4, 0.5) is 4.79 Å². The van der Waals surface area contributed by atoms with Gasteiger partial charge in [0.25, 0.3) is 0 Å². The van der Waals surface area contributed by atoms with Crippen LogP contribution in [0.15, 0.2) is 97.1 Å². The van der Waals surface area contributed by atoms with Crippen LogP contribution in [0.5, 0.6) is 17.2 Å². The van der Waals surface area contributed by atoms with Crippen LogP contribution >= 0.6 is 0 Å². The molecule has 0 atom stereocenters. The summed E-state index contributed by atoms with van der Waals surface area (Å²) in [6.45, 7) is 4.27. The molecule has 4 rings (SSSR count). The predicted molar refractivity (Wildman–Crippen MR) is 141 cm³/mol. The van der Waals surface area contributed by atoms with Crippen molar-refractivity contribution in [3.05, 3.63) is 114 Å². The Bertz CT molecular complexity index is 1350. The van der Waals surface area contributed by atoms with Gasteiger partial charge in [0, 0.05) is 5.41 Å². The molecule has 0 radical (unpaired) electrons. The third kappa shape index (κ3) is 5.98. The van der Waals surface area contributed by atoms with Crippen molar-refractivity contribution in [1.29, 1.82) is 0 Å². The SMILES string of the molecule is COC(=O)c1ccc(-c2ccc(OC(=O)Oc3ccc(C(C)(C)c4ccc(OC)cc4)cc3)cc2)cc1. The van der Waals surface area contributed by atoms with Crippen molar-refractivity contribution in [3.8, 4) is 28.4 Å². The molecule has 37 heavy (non-hydrogen) atoms. The summed E-state index contributed by atoms with van der Waals surface area (Å²) >= 11 is 0. The van der Waals surface area contributed by atoms with Gasteiger partial charge in [-0.3, -0.25) is 0 Å². The van der Waals surface area contributed by atoms with E-state index in [9.17, 15) is 9.59 Å².